The van der Waals surface area contributed by atoms with Crippen LogP contribution in [0.5, 0.6) is 0 Å². The monoisotopic (exact) mass is 391 g/mol. The van der Waals surface area contributed by atoms with Crippen molar-refractivity contribution >= 4 is 5.96 Å². The summed E-state index contributed by atoms with van der Waals surface area (Å²) in [4.78, 5) is 7.01. The molecule has 0 radical (unpaired) electrons. The minimum Gasteiger partial charge on any atom is -0.376 e. The van der Waals surface area contributed by atoms with Crippen LogP contribution < -0.4 is 5.32 Å². The molecule has 2 aliphatic heterocycles. The normalized spacial score (nSPS) is 21.8. The highest BCUT2D eigenvalue weighted by atomic mass is 19.1. The maximum absolute atomic E-state index is 13.8. The lowest BCUT2D eigenvalue weighted by atomic mass is 10.1. The summed E-state index contributed by atoms with van der Waals surface area (Å²) in [5.41, 5.74) is 1.56. The van der Waals surface area contributed by atoms with Crippen LogP contribution in [-0.4, -0.2) is 55.9 Å². The average molecular weight is 392 g/mol. The summed E-state index contributed by atoms with van der Waals surface area (Å²) in [5, 5.41) is 3.37. The van der Waals surface area contributed by atoms with E-state index in [2.05, 4.69) is 17.1 Å². The van der Waals surface area contributed by atoms with Crippen molar-refractivity contribution in [2.75, 3.05) is 32.8 Å². The molecule has 1 N–H and O–H groups in total. The Morgan fingerprint density at radius 1 is 1.29 bits per heavy atom. The molecule has 1 aromatic carbocycles. The molecule has 0 aromatic heterocycles. The van der Waals surface area contributed by atoms with E-state index in [-0.39, 0.29) is 11.9 Å². The first-order valence-electron chi connectivity index (χ1n) is 10.7. The van der Waals surface area contributed by atoms with E-state index in [1.807, 2.05) is 12.1 Å². The summed E-state index contributed by atoms with van der Waals surface area (Å²) in [6, 6.07) is 5.33. The van der Waals surface area contributed by atoms with Gasteiger partial charge in [0.25, 0.3) is 0 Å². The topological polar surface area (TPSA) is 46.1 Å². The largest absolute Gasteiger partial charge is 0.376 e. The number of hydrogen-bond donors (Lipinski definition) is 1. The molecule has 0 saturated carbocycles. The van der Waals surface area contributed by atoms with E-state index in [0.29, 0.717) is 18.2 Å². The van der Waals surface area contributed by atoms with Crippen molar-refractivity contribution in [3.8, 4) is 0 Å². The van der Waals surface area contributed by atoms with Crippen LogP contribution in [0.1, 0.15) is 50.2 Å². The Morgan fingerprint density at radius 3 is 2.79 bits per heavy atom. The molecule has 5 nitrogen and oxygen atoms in total. The van der Waals surface area contributed by atoms with Gasteiger partial charge in [-0.25, -0.2) is 9.38 Å². The first-order chi connectivity index (χ1) is 13.7. The number of aliphatic imine (C=N–C) groups is 1. The zero-order valence-electron chi connectivity index (χ0n) is 17.3. The fourth-order valence-electron chi connectivity index (χ4n) is 3.74. The Bertz CT molecular complexity index is 639. The van der Waals surface area contributed by atoms with Gasteiger partial charge in [-0.05, 0) is 63.1 Å². The van der Waals surface area contributed by atoms with Gasteiger partial charge in [-0.1, -0.05) is 12.1 Å². The maximum atomic E-state index is 13.8. The fraction of sp³-hybridized carbons (Fsp3) is 0.682. The van der Waals surface area contributed by atoms with Crippen LogP contribution in [0.25, 0.3) is 0 Å². The first kappa shape index (κ1) is 21.1. The molecule has 1 atom stereocenters. The Kier molecular flexibility index (Phi) is 8.10. The zero-order chi connectivity index (χ0) is 19.8. The molecule has 0 aliphatic carbocycles. The molecule has 3 rings (SSSR count). The molecule has 6 heteroatoms. The molecule has 156 valence electrons. The van der Waals surface area contributed by atoms with Crippen molar-refractivity contribution in [3.05, 3.63) is 35.1 Å². The van der Waals surface area contributed by atoms with Gasteiger partial charge < -0.3 is 19.7 Å². The van der Waals surface area contributed by atoms with E-state index in [4.69, 9.17) is 14.5 Å². The van der Waals surface area contributed by atoms with Gasteiger partial charge in [-0.15, -0.1) is 0 Å². The van der Waals surface area contributed by atoms with Crippen molar-refractivity contribution in [2.45, 2.75) is 64.7 Å². The highest BCUT2D eigenvalue weighted by molar-refractivity contribution is 5.80. The highest BCUT2D eigenvalue weighted by Gasteiger charge is 2.23. The lowest BCUT2D eigenvalue weighted by Crippen LogP contribution is -2.47. The second-order valence-electron chi connectivity index (χ2n) is 7.76. The van der Waals surface area contributed by atoms with Crippen LogP contribution in [0.2, 0.25) is 0 Å². The smallest absolute Gasteiger partial charge is 0.194 e. The molecule has 1 unspecified atom stereocenters. The number of nitrogens with zero attached hydrogens (tertiary/aromatic N) is 2. The highest BCUT2D eigenvalue weighted by Crippen LogP contribution is 2.18. The second kappa shape index (κ2) is 10.8. The van der Waals surface area contributed by atoms with Gasteiger partial charge in [0.1, 0.15) is 5.82 Å². The second-order valence-corrected chi connectivity index (χ2v) is 7.76. The van der Waals surface area contributed by atoms with Crippen molar-refractivity contribution < 1.29 is 13.9 Å². The van der Waals surface area contributed by atoms with E-state index >= 15 is 0 Å². The molecule has 2 aliphatic rings. The van der Waals surface area contributed by atoms with Crippen molar-refractivity contribution in [1.29, 1.82) is 0 Å². The van der Waals surface area contributed by atoms with Crippen LogP contribution >= 0.6 is 0 Å². The number of ether oxygens (including phenoxy) is 2. The third kappa shape index (κ3) is 6.17. The number of piperidine rings is 1. The molecule has 0 bridgehead atoms. The lowest BCUT2D eigenvalue weighted by molar-refractivity contribution is -0.0721. The minimum atomic E-state index is -0.169. The molecule has 28 heavy (non-hydrogen) atoms. The number of rotatable bonds is 6. The molecule has 2 heterocycles. The Balaban J connectivity index is 1.48. The van der Waals surface area contributed by atoms with Crippen molar-refractivity contribution in [3.63, 3.8) is 0 Å². The van der Waals surface area contributed by atoms with Gasteiger partial charge in [0.05, 0.1) is 25.4 Å². The number of benzene rings is 1. The number of hydrogen-bond acceptors (Lipinski definition) is 3. The number of aryl methyl sites for hydroxylation is 1. The van der Waals surface area contributed by atoms with E-state index in [1.54, 1.807) is 13.0 Å². The summed E-state index contributed by atoms with van der Waals surface area (Å²) in [5.74, 6) is 0.732. The lowest BCUT2D eigenvalue weighted by Gasteiger charge is -2.35. The first-order valence-corrected chi connectivity index (χ1v) is 10.7. The molecular weight excluding hydrogens is 357 g/mol. The van der Waals surface area contributed by atoms with E-state index in [0.717, 1.165) is 63.6 Å². The quantitative estimate of drug-likeness (QED) is 0.594. The predicted molar refractivity (Wildman–Crippen MR) is 110 cm³/mol. The van der Waals surface area contributed by atoms with Gasteiger partial charge in [-0.3, -0.25) is 0 Å². The van der Waals surface area contributed by atoms with Crippen molar-refractivity contribution in [1.82, 2.24) is 10.2 Å². The SMILES string of the molecule is CCNC(=NCc1ccc(C)c(F)c1)N1CCC(OCC2CCCCO2)CC1. The van der Waals surface area contributed by atoms with Gasteiger partial charge in [0, 0.05) is 26.2 Å². The molecular formula is C22H34FN3O2. The number of halogens is 1. The summed E-state index contributed by atoms with van der Waals surface area (Å²) >= 11 is 0. The molecule has 2 saturated heterocycles. The van der Waals surface area contributed by atoms with E-state index in [9.17, 15) is 4.39 Å². The van der Waals surface area contributed by atoms with Crippen LogP contribution in [-0.2, 0) is 16.0 Å². The van der Waals surface area contributed by atoms with Gasteiger partial charge >= 0.3 is 0 Å². The predicted octanol–water partition coefficient (Wildman–Crippen LogP) is 3.65. The fourth-order valence-corrected chi connectivity index (χ4v) is 3.74. The summed E-state index contributed by atoms with van der Waals surface area (Å²) in [6.07, 6.45) is 6.12. The Hall–Kier alpha value is -1.66. The van der Waals surface area contributed by atoms with Crippen LogP contribution in [0.15, 0.2) is 23.2 Å². The average Bonchev–Trinajstić information content (AvgIpc) is 2.73. The standard InChI is InChI=1S/C22H34FN3O2/c1-3-24-22(25-15-18-8-7-17(2)21(23)14-18)26-11-9-19(10-12-26)28-16-20-6-4-5-13-27-20/h7-8,14,19-20H,3-6,9-13,15-16H2,1-2H3,(H,24,25). The van der Waals surface area contributed by atoms with Crippen LogP contribution in [0, 0.1) is 12.7 Å². The van der Waals surface area contributed by atoms with Crippen LogP contribution in [0.4, 0.5) is 4.39 Å². The van der Waals surface area contributed by atoms with Gasteiger partial charge in [-0.2, -0.15) is 0 Å². The van der Waals surface area contributed by atoms with E-state index in [1.165, 1.54) is 12.8 Å². The molecule has 0 amide bonds. The molecule has 0 spiro atoms. The van der Waals surface area contributed by atoms with Gasteiger partial charge in [0.15, 0.2) is 5.96 Å². The summed E-state index contributed by atoms with van der Waals surface area (Å²) < 4.78 is 25.6. The minimum absolute atomic E-state index is 0.169. The molecule has 2 fully saturated rings. The summed E-state index contributed by atoms with van der Waals surface area (Å²) in [7, 11) is 0. The van der Waals surface area contributed by atoms with Crippen LogP contribution in [0.3, 0.4) is 0 Å². The maximum Gasteiger partial charge on any atom is 0.194 e. The zero-order valence-corrected chi connectivity index (χ0v) is 17.3. The third-order valence-corrected chi connectivity index (χ3v) is 5.52. The van der Waals surface area contributed by atoms with E-state index < -0.39 is 0 Å². The number of nitrogens with one attached hydrogen (secondary N) is 1. The number of likely N-dealkylation sites (tertiary alicyclic amines) is 1. The summed E-state index contributed by atoms with van der Waals surface area (Å²) in [6.45, 7) is 8.58. The van der Waals surface area contributed by atoms with Gasteiger partial charge in [0.2, 0.25) is 0 Å². The Morgan fingerprint density at radius 2 is 2.11 bits per heavy atom. The van der Waals surface area contributed by atoms with Crippen molar-refractivity contribution in [2.24, 2.45) is 4.99 Å². The third-order valence-electron chi connectivity index (χ3n) is 5.52. The number of guanidine groups is 1. The molecule has 1 aromatic rings. The Labute approximate surface area is 168 Å².